The van der Waals surface area contributed by atoms with Gasteiger partial charge in [0.15, 0.2) is 0 Å². The van der Waals surface area contributed by atoms with Crippen LogP contribution in [0.25, 0.3) is 21.8 Å². The molecule has 1 aromatic heterocycles. The molecule has 5 heteroatoms. The standard InChI is InChI=1S/C21H17ClN2O2/c1-25-15-5-3-4-14(11-15)23-21-17-8-6-13(22)10-20(17)24-19-9-7-16(26-2)12-18(19)21/h3-12H,1-2H3,(H,23,24). The maximum absolute atomic E-state index is 6.17. The van der Waals surface area contributed by atoms with Crippen molar-refractivity contribution in [1.29, 1.82) is 0 Å². The average Bonchev–Trinajstić information content (AvgIpc) is 2.67. The Morgan fingerprint density at radius 2 is 1.62 bits per heavy atom. The second-order valence-corrected chi connectivity index (χ2v) is 6.32. The molecule has 4 aromatic rings. The lowest BCUT2D eigenvalue weighted by Gasteiger charge is -2.15. The molecule has 0 aliphatic rings. The van der Waals surface area contributed by atoms with Crippen LogP contribution in [0.1, 0.15) is 0 Å². The average molecular weight is 365 g/mol. The molecule has 4 rings (SSSR count). The number of hydrogen-bond donors (Lipinski definition) is 1. The number of fused-ring (bicyclic) bond motifs is 2. The maximum Gasteiger partial charge on any atom is 0.120 e. The number of nitrogens with zero attached hydrogens (tertiary/aromatic N) is 1. The van der Waals surface area contributed by atoms with E-state index in [1.807, 2.05) is 60.7 Å². The van der Waals surface area contributed by atoms with E-state index in [-0.39, 0.29) is 0 Å². The van der Waals surface area contributed by atoms with Crippen molar-refractivity contribution >= 4 is 44.8 Å². The molecule has 0 unspecified atom stereocenters. The number of hydrogen-bond acceptors (Lipinski definition) is 4. The third kappa shape index (κ3) is 3.00. The van der Waals surface area contributed by atoms with Crippen molar-refractivity contribution in [3.05, 3.63) is 65.7 Å². The minimum absolute atomic E-state index is 0.658. The van der Waals surface area contributed by atoms with Crippen molar-refractivity contribution < 1.29 is 9.47 Å². The summed E-state index contributed by atoms with van der Waals surface area (Å²) in [5.41, 5.74) is 3.58. The van der Waals surface area contributed by atoms with Crippen molar-refractivity contribution in [3.63, 3.8) is 0 Å². The summed E-state index contributed by atoms with van der Waals surface area (Å²) in [4.78, 5) is 4.75. The number of methoxy groups -OCH3 is 2. The summed E-state index contributed by atoms with van der Waals surface area (Å²) in [6.45, 7) is 0. The number of rotatable bonds is 4. The lowest BCUT2D eigenvalue weighted by Crippen LogP contribution is -1.96. The van der Waals surface area contributed by atoms with Crippen LogP contribution in [0.5, 0.6) is 11.5 Å². The van der Waals surface area contributed by atoms with Crippen LogP contribution in [0.4, 0.5) is 11.4 Å². The quantitative estimate of drug-likeness (QED) is 0.464. The van der Waals surface area contributed by atoms with Gasteiger partial charge in [0, 0.05) is 27.5 Å². The number of anilines is 2. The number of benzene rings is 3. The van der Waals surface area contributed by atoms with Crippen molar-refractivity contribution in [2.45, 2.75) is 0 Å². The fourth-order valence-electron chi connectivity index (χ4n) is 3.00. The van der Waals surface area contributed by atoms with Crippen molar-refractivity contribution in [2.75, 3.05) is 19.5 Å². The van der Waals surface area contributed by atoms with Crippen molar-refractivity contribution in [2.24, 2.45) is 0 Å². The van der Waals surface area contributed by atoms with Gasteiger partial charge in [-0.3, -0.25) is 0 Å². The normalized spacial score (nSPS) is 10.9. The Hall–Kier alpha value is -2.98. The van der Waals surface area contributed by atoms with Gasteiger partial charge in [-0.05, 0) is 48.5 Å². The van der Waals surface area contributed by atoms with E-state index in [9.17, 15) is 0 Å². The molecule has 0 aliphatic carbocycles. The molecular formula is C21H17ClN2O2. The fraction of sp³-hybridized carbons (Fsp3) is 0.0952. The SMILES string of the molecule is COc1cccc(Nc2c3ccc(Cl)cc3nc3ccc(OC)cc23)c1. The number of aromatic nitrogens is 1. The maximum atomic E-state index is 6.17. The van der Waals surface area contributed by atoms with Crippen LogP contribution in [0.15, 0.2) is 60.7 Å². The van der Waals surface area contributed by atoms with Gasteiger partial charge < -0.3 is 14.8 Å². The molecule has 0 atom stereocenters. The summed E-state index contributed by atoms with van der Waals surface area (Å²) in [5, 5.41) is 6.13. The highest BCUT2D eigenvalue weighted by molar-refractivity contribution is 6.31. The molecular weight excluding hydrogens is 348 g/mol. The first kappa shape index (κ1) is 16.5. The molecule has 1 heterocycles. The van der Waals surface area contributed by atoms with E-state index in [2.05, 4.69) is 5.32 Å². The molecule has 26 heavy (non-hydrogen) atoms. The smallest absolute Gasteiger partial charge is 0.120 e. The first-order valence-electron chi connectivity index (χ1n) is 8.16. The van der Waals surface area contributed by atoms with Gasteiger partial charge in [-0.2, -0.15) is 0 Å². The summed E-state index contributed by atoms with van der Waals surface area (Å²) in [7, 11) is 3.31. The fourth-order valence-corrected chi connectivity index (χ4v) is 3.17. The van der Waals surface area contributed by atoms with Gasteiger partial charge >= 0.3 is 0 Å². The van der Waals surface area contributed by atoms with Crippen LogP contribution in [0.2, 0.25) is 5.02 Å². The largest absolute Gasteiger partial charge is 0.497 e. The van der Waals surface area contributed by atoms with Crippen LogP contribution in [0.3, 0.4) is 0 Å². The van der Waals surface area contributed by atoms with Crippen LogP contribution >= 0.6 is 11.6 Å². The third-order valence-corrected chi connectivity index (χ3v) is 4.52. The molecule has 0 fully saturated rings. The second kappa shape index (κ2) is 6.73. The highest BCUT2D eigenvalue weighted by Crippen LogP contribution is 2.36. The first-order chi connectivity index (χ1) is 12.7. The minimum atomic E-state index is 0.658. The lowest BCUT2D eigenvalue weighted by atomic mass is 10.1. The van der Waals surface area contributed by atoms with Gasteiger partial charge in [0.1, 0.15) is 11.5 Å². The van der Waals surface area contributed by atoms with Gasteiger partial charge in [-0.15, -0.1) is 0 Å². The summed E-state index contributed by atoms with van der Waals surface area (Å²) < 4.78 is 10.7. The Balaban J connectivity index is 1.98. The zero-order valence-corrected chi connectivity index (χ0v) is 15.2. The Morgan fingerprint density at radius 1 is 0.808 bits per heavy atom. The van der Waals surface area contributed by atoms with Gasteiger partial charge in [0.25, 0.3) is 0 Å². The van der Waals surface area contributed by atoms with Gasteiger partial charge in [-0.25, -0.2) is 4.98 Å². The summed E-state index contributed by atoms with van der Waals surface area (Å²) in [5.74, 6) is 1.57. The molecule has 0 saturated heterocycles. The van der Waals surface area contributed by atoms with E-state index in [1.165, 1.54) is 0 Å². The van der Waals surface area contributed by atoms with Crippen LogP contribution in [-0.4, -0.2) is 19.2 Å². The number of halogens is 1. The van der Waals surface area contributed by atoms with E-state index < -0.39 is 0 Å². The molecule has 0 bridgehead atoms. The highest BCUT2D eigenvalue weighted by Gasteiger charge is 2.11. The Morgan fingerprint density at radius 3 is 2.42 bits per heavy atom. The second-order valence-electron chi connectivity index (χ2n) is 5.89. The highest BCUT2D eigenvalue weighted by atomic mass is 35.5. The zero-order chi connectivity index (χ0) is 18.1. The van der Waals surface area contributed by atoms with E-state index >= 15 is 0 Å². The topological polar surface area (TPSA) is 43.4 Å². The molecule has 0 saturated carbocycles. The van der Waals surface area contributed by atoms with Crippen molar-refractivity contribution in [3.8, 4) is 11.5 Å². The number of nitrogens with one attached hydrogen (secondary N) is 1. The van der Waals surface area contributed by atoms with Crippen LogP contribution < -0.4 is 14.8 Å². The molecule has 130 valence electrons. The summed E-state index contributed by atoms with van der Waals surface area (Å²) in [6, 6.07) is 19.4. The van der Waals surface area contributed by atoms with E-state index in [4.69, 9.17) is 26.1 Å². The molecule has 1 N–H and O–H groups in total. The lowest BCUT2D eigenvalue weighted by molar-refractivity contribution is 0.415. The monoisotopic (exact) mass is 364 g/mol. The van der Waals surface area contributed by atoms with Crippen LogP contribution in [0, 0.1) is 0 Å². The molecule has 3 aromatic carbocycles. The Kier molecular flexibility index (Phi) is 4.27. The van der Waals surface area contributed by atoms with E-state index in [1.54, 1.807) is 14.2 Å². The van der Waals surface area contributed by atoms with Gasteiger partial charge in [0.05, 0.1) is 30.9 Å². The van der Waals surface area contributed by atoms with Gasteiger partial charge in [0.2, 0.25) is 0 Å². The molecule has 0 spiro atoms. The van der Waals surface area contributed by atoms with Crippen molar-refractivity contribution in [1.82, 2.24) is 4.98 Å². The van der Waals surface area contributed by atoms with E-state index in [0.29, 0.717) is 5.02 Å². The predicted molar refractivity (Wildman–Crippen MR) is 107 cm³/mol. The Labute approximate surface area is 156 Å². The van der Waals surface area contributed by atoms with Gasteiger partial charge in [-0.1, -0.05) is 17.7 Å². The zero-order valence-electron chi connectivity index (χ0n) is 14.4. The number of pyridine rings is 1. The minimum Gasteiger partial charge on any atom is -0.497 e. The van der Waals surface area contributed by atoms with E-state index in [0.717, 1.165) is 44.7 Å². The third-order valence-electron chi connectivity index (χ3n) is 4.28. The first-order valence-corrected chi connectivity index (χ1v) is 8.54. The molecule has 0 radical (unpaired) electrons. The molecule has 4 nitrogen and oxygen atoms in total. The summed E-state index contributed by atoms with van der Waals surface area (Å²) >= 11 is 6.17. The molecule has 0 amide bonds. The summed E-state index contributed by atoms with van der Waals surface area (Å²) in [6.07, 6.45) is 0. The molecule has 0 aliphatic heterocycles. The predicted octanol–water partition coefficient (Wildman–Crippen LogP) is 5.80. The Bertz CT molecular complexity index is 1110. The number of ether oxygens (including phenoxy) is 2. The van der Waals surface area contributed by atoms with Crippen LogP contribution in [-0.2, 0) is 0 Å².